The third-order valence-electron chi connectivity index (χ3n) is 7.54. The van der Waals surface area contributed by atoms with Gasteiger partial charge in [-0.3, -0.25) is 4.79 Å². The first-order chi connectivity index (χ1) is 20.1. The van der Waals surface area contributed by atoms with Gasteiger partial charge in [-0.05, 0) is 73.3 Å². The van der Waals surface area contributed by atoms with E-state index in [1.807, 2.05) is 54.7 Å². The van der Waals surface area contributed by atoms with Gasteiger partial charge in [0, 0.05) is 17.9 Å². The highest BCUT2D eigenvalue weighted by Crippen LogP contribution is 2.36. The van der Waals surface area contributed by atoms with Crippen molar-refractivity contribution >= 4 is 49.7 Å². The van der Waals surface area contributed by atoms with Crippen LogP contribution in [0.25, 0.3) is 32.3 Å². The zero-order valence-corrected chi connectivity index (χ0v) is 23.0. The molecule has 1 heterocycles. The van der Waals surface area contributed by atoms with Gasteiger partial charge in [-0.25, -0.2) is 4.68 Å². The van der Waals surface area contributed by atoms with Crippen LogP contribution >= 0.6 is 11.6 Å². The molecule has 6 heteroatoms. The van der Waals surface area contributed by atoms with Crippen molar-refractivity contribution in [2.75, 3.05) is 0 Å². The number of carbonyl (C=O) groups excluding carboxylic acids is 1. The van der Waals surface area contributed by atoms with Gasteiger partial charge in [0.1, 0.15) is 23.8 Å². The molecule has 0 radical (unpaired) electrons. The molecule has 0 aliphatic rings. The van der Waals surface area contributed by atoms with Gasteiger partial charge in [0.2, 0.25) is 0 Å². The minimum Gasteiger partial charge on any atom is -0.487 e. The van der Waals surface area contributed by atoms with Gasteiger partial charge in [0.25, 0.3) is 0 Å². The number of ether oxygens (including phenoxy) is 1. The van der Waals surface area contributed by atoms with Crippen LogP contribution in [0.15, 0.2) is 109 Å². The SMILES string of the molecule is O=C(Cc1cccc(OCc2cn(Cc3ccc(Cl)cc3)nn2)c1)Cc1ccc2ccc3cccc4ccc1c2c34. The normalized spacial score (nSPS) is 11.5. The third-order valence-corrected chi connectivity index (χ3v) is 7.79. The molecule has 0 saturated heterocycles. The average molecular weight is 556 g/mol. The summed E-state index contributed by atoms with van der Waals surface area (Å²) >= 11 is 5.97. The monoisotopic (exact) mass is 555 g/mol. The van der Waals surface area contributed by atoms with Crippen LogP contribution in [0.1, 0.15) is 22.4 Å². The number of rotatable bonds is 9. The molecule has 0 saturated carbocycles. The number of Topliss-reactive ketones (excluding diaryl/α,β-unsaturated/α-hetero) is 1. The zero-order chi connectivity index (χ0) is 27.8. The van der Waals surface area contributed by atoms with E-state index in [0.717, 1.165) is 27.8 Å². The lowest BCUT2D eigenvalue weighted by Gasteiger charge is -2.13. The molecule has 41 heavy (non-hydrogen) atoms. The van der Waals surface area contributed by atoms with Gasteiger partial charge in [-0.2, -0.15) is 0 Å². The molecular weight excluding hydrogens is 530 g/mol. The second-order valence-corrected chi connectivity index (χ2v) is 10.9. The van der Waals surface area contributed by atoms with Crippen LogP contribution in [0.2, 0.25) is 5.02 Å². The highest BCUT2D eigenvalue weighted by molar-refractivity contribution is 6.30. The number of hydrogen-bond acceptors (Lipinski definition) is 4. The Morgan fingerprint density at radius 1 is 0.756 bits per heavy atom. The first kappa shape index (κ1) is 25.2. The largest absolute Gasteiger partial charge is 0.487 e. The van der Waals surface area contributed by atoms with E-state index >= 15 is 0 Å². The number of aromatic nitrogens is 3. The average Bonchev–Trinajstić information content (AvgIpc) is 3.44. The van der Waals surface area contributed by atoms with Crippen LogP contribution < -0.4 is 4.74 Å². The van der Waals surface area contributed by atoms with Gasteiger partial charge in [0.15, 0.2) is 0 Å². The maximum atomic E-state index is 13.2. The van der Waals surface area contributed by atoms with Crippen LogP contribution in [0, 0.1) is 0 Å². The molecule has 0 aliphatic carbocycles. The maximum absolute atomic E-state index is 13.2. The summed E-state index contributed by atoms with van der Waals surface area (Å²) in [6, 6.07) is 34.7. The fraction of sp³-hybridized carbons (Fsp3) is 0.114. The molecular formula is C35H26ClN3O2. The Morgan fingerprint density at radius 2 is 1.49 bits per heavy atom. The molecule has 0 fully saturated rings. The van der Waals surface area contributed by atoms with Gasteiger partial charge in [-0.1, -0.05) is 95.7 Å². The predicted octanol–water partition coefficient (Wildman–Crippen LogP) is 7.81. The van der Waals surface area contributed by atoms with E-state index in [1.165, 1.54) is 26.9 Å². The fourth-order valence-electron chi connectivity index (χ4n) is 5.61. The number of ketones is 1. The fourth-order valence-corrected chi connectivity index (χ4v) is 5.74. The van der Waals surface area contributed by atoms with Gasteiger partial charge < -0.3 is 4.74 Å². The second kappa shape index (κ2) is 10.7. The smallest absolute Gasteiger partial charge is 0.141 e. The molecule has 6 aromatic carbocycles. The Hall–Kier alpha value is -4.74. The minimum absolute atomic E-state index is 0.169. The quantitative estimate of drug-likeness (QED) is 0.170. The molecule has 0 bridgehead atoms. The molecule has 200 valence electrons. The second-order valence-electron chi connectivity index (χ2n) is 10.4. The van der Waals surface area contributed by atoms with E-state index in [4.69, 9.17) is 16.3 Å². The lowest BCUT2D eigenvalue weighted by Crippen LogP contribution is -2.07. The Balaban J connectivity index is 1.02. The van der Waals surface area contributed by atoms with Crippen molar-refractivity contribution in [1.29, 1.82) is 0 Å². The summed E-state index contributed by atoms with van der Waals surface area (Å²) in [6.07, 6.45) is 2.60. The van der Waals surface area contributed by atoms with Gasteiger partial charge in [-0.15, -0.1) is 5.10 Å². The Kier molecular flexibility index (Phi) is 6.57. The molecule has 0 amide bonds. The van der Waals surface area contributed by atoms with Crippen molar-refractivity contribution < 1.29 is 9.53 Å². The van der Waals surface area contributed by atoms with Crippen molar-refractivity contribution in [3.8, 4) is 5.75 Å². The first-order valence-electron chi connectivity index (χ1n) is 13.6. The van der Waals surface area contributed by atoms with E-state index in [2.05, 4.69) is 64.9 Å². The van der Waals surface area contributed by atoms with Crippen molar-refractivity contribution in [2.45, 2.75) is 26.0 Å². The number of nitrogens with zero attached hydrogens (tertiary/aromatic N) is 3. The lowest BCUT2D eigenvalue weighted by atomic mass is 9.90. The lowest BCUT2D eigenvalue weighted by molar-refractivity contribution is -0.117. The predicted molar refractivity (Wildman–Crippen MR) is 164 cm³/mol. The minimum atomic E-state index is 0.169. The molecule has 7 rings (SSSR count). The highest BCUT2D eigenvalue weighted by atomic mass is 35.5. The summed E-state index contributed by atoms with van der Waals surface area (Å²) in [5, 5.41) is 16.5. The molecule has 7 aromatic rings. The van der Waals surface area contributed by atoms with Crippen LogP contribution in [0.4, 0.5) is 0 Å². The topological polar surface area (TPSA) is 57.0 Å². The third kappa shape index (κ3) is 5.24. The standard InChI is InChI=1S/C35H26ClN3O2/c36-29-14-7-23(8-15-29)20-39-21-30(37-38-39)22-41-32-6-1-3-24(18-32)17-31(40)19-28-12-11-27-10-9-25-4-2-5-26-13-16-33(28)35(27)34(25)26/h1-16,18,21H,17,19-20,22H2. The molecule has 1 aromatic heterocycles. The van der Waals surface area contributed by atoms with Crippen molar-refractivity contribution in [3.63, 3.8) is 0 Å². The molecule has 5 nitrogen and oxygen atoms in total. The first-order valence-corrected chi connectivity index (χ1v) is 14.0. The van der Waals surface area contributed by atoms with E-state index in [-0.39, 0.29) is 5.78 Å². The van der Waals surface area contributed by atoms with Crippen LogP contribution in [-0.4, -0.2) is 20.8 Å². The summed E-state index contributed by atoms with van der Waals surface area (Å²) < 4.78 is 7.76. The summed E-state index contributed by atoms with van der Waals surface area (Å²) in [5.41, 5.74) is 3.81. The molecule has 0 spiro atoms. The Morgan fingerprint density at radius 3 is 2.32 bits per heavy atom. The van der Waals surface area contributed by atoms with E-state index in [9.17, 15) is 4.79 Å². The number of hydrogen-bond donors (Lipinski definition) is 0. The Labute approximate surface area is 242 Å². The zero-order valence-electron chi connectivity index (χ0n) is 22.3. The number of carbonyl (C=O) groups is 1. The Bertz CT molecular complexity index is 2000. The number of halogens is 1. The molecule has 0 atom stereocenters. The van der Waals surface area contributed by atoms with Crippen LogP contribution in [0.3, 0.4) is 0 Å². The summed E-state index contributed by atoms with van der Waals surface area (Å²) in [7, 11) is 0. The van der Waals surface area contributed by atoms with Gasteiger partial charge >= 0.3 is 0 Å². The van der Waals surface area contributed by atoms with Crippen molar-refractivity contribution in [3.05, 3.63) is 137 Å². The maximum Gasteiger partial charge on any atom is 0.141 e. The van der Waals surface area contributed by atoms with E-state index in [1.54, 1.807) is 4.68 Å². The van der Waals surface area contributed by atoms with Crippen molar-refractivity contribution in [2.24, 2.45) is 0 Å². The molecule has 0 unspecified atom stereocenters. The summed E-state index contributed by atoms with van der Waals surface area (Å²) in [5.74, 6) is 0.868. The van der Waals surface area contributed by atoms with E-state index < -0.39 is 0 Å². The van der Waals surface area contributed by atoms with Crippen LogP contribution in [-0.2, 0) is 30.8 Å². The molecule has 0 aliphatic heterocycles. The molecule has 0 N–H and O–H groups in total. The highest BCUT2D eigenvalue weighted by Gasteiger charge is 2.14. The number of benzene rings is 6. The summed E-state index contributed by atoms with van der Waals surface area (Å²) in [6.45, 7) is 0.897. The summed E-state index contributed by atoms with van der Waals surface area (Å²) in [4.78, 5) is 13.2. The van der Waals surface area contributed by atoms with Gasteiger partial charge in [0.05, 0.1) is 12.7 Å². The van der Waals surface area contributed by atoms with Crippen molar-refractivity contribution in [1.82, 2.24) is 15.0 Å². The van der Waals surface area contributed by atoms with E-state index in [0.29, 0.717) is 36.8 Å². The van der Waals surface area contributed by atoms with Crippen LogP contribution in [0.5, 0.6) is 5.75 Å².